The fourth-order valence-corrected chi connectivity index (χ4v) is 13.4. The van der Waals surface area contributed by atoms with Crippen LogP contribution in [0.3, 0.4) is 0 Å². The van der Waals surface area contributed by atoms with Crippen LogP contribution in [0.5, 0.6) is 0 Å². The van der Waals surface area contributed by atoms with E-state index in [1.165, 1.54) is 21.6 Å². The molecule has 0 aromatic heterocycles. The molecule has 35 heteroatoms. The zero-order chi connectivity index (χ0) is 64.1. The molecule has 21 atom stereocenters. The first-order valence-electron chi connectivity index (χ1n) is 29.6. The van der Waals surface area contributed by atoms with Gasteiger partial charge in [-0.2, -0.15) is 28.6 Å². The second-order valence-electron chi connectivity index (χ2n) is 23.4. The summed E-state index contributed by atoms with van der Waals surface area (Å²) in [5.74, 6) is -3.23. The Morgan fingerprint density at radius 2 is 0.897 bits per heavy atom. The Balaban J connectivity index is 1.04. The van der Waals surface area contributed by atoms with Crippen molar-refractivity contribution in [3.05, 3.63) is 0 Å². The summed E-state index contributed by atoms with van der Waals surface area (Å²) in [6.07, 6.45) is -18.3. The quantitative estimate of drug-likeness (QED) is 0.0222. The third-order valence-corrected chi connectivity index (χ3v) is 18.4. The van der Waals surface area contributed by atoms with Crippen molar-refractivity contribution >= 4 is 40.0 Å². The molecule has 6 aliphatic rings. The largest absolute Gasteiger partial charge is 0.570 e. The van der Waals surface area contributed by atoms with Gasteiger partial charge in [-0.25, -0.2) is 0 Å². The lowest BCUT2D eigenvalue weighted by Gasteiger charge is -2.42. The summed E-state index contributed by atoms with van der Waals surface area (Å²) in [6, 6.07) is -3.63. The zero-order valence-corrected chi connectivity index (χ0v) is 51.5. The van der Waals surface area contributed by atoms with Gasteiger partial charge in [-0.05, 0) is 39.5 Å². The smallest absolute Gasteiger partial charge is 0.394 e. The molecule has 6 fully saturated rings. The number of likely N-dealkylation sites (tertiary alicyclic amines) is 3. The maximum absolute atomic E-state index is 14.0. The Bertz CT molecular complexity index is 2150. The van der Waals surface area contributed by atoms with E-state index in [0.717, 1.165) is 0 Å². The summed E-state index contributed by atoms with van der Waals surface area (Å²) in [5.41, 5.74) is 0. The summed E-state index contributed by atoms with van der Waals surface area (Å²) < 4.78 is 62.5. The Morgan fingerprint density at radius 3 is 1.30 bits per heavy atom. The summed E-state index contributed by atoms with van der Waals surface area (Å²) in [4.78, 5) is 102. The van der Waals surface area contributed by atoms with Crippen molar-refractivity contribution in [2.24, 2.45) is 11.8 Å². The summed E-state index contributed by atoms with van der Waals surface area (Å²) in [6.45, 7) is 4.47. The third kappa shape index (κ3) is 20.9. The third-order valence-electron chi connectivity index (χ3n) is 16.2. The number of carbonyl (C=O) groups is 4. The number of aliphatic hydroxyl groups excluding tert-OH is 10. The van der Waals surface area contributed by atoms with Crippen LogP contribution in [0, 0.1) is 11.8 Å². The predicted molar refractivity (Wildman–Crippen MR) is 297 cm³/mol. The Hall–Kier alpha value is -2.26. The number of rotatable bonds is 32. The molecule has 6 heterocycles. The van der Waals surface area contributed by atoms with Crippen molar-refractivity contribution in [1.29, 1.82) is 0 Å². The van der Waals surface area contributed by atoms with Crippen LogP contribution in [0.15, 0.2) is 0 Å². The maximum Gasteiger partial charge on any atom is 0.570 e. The Morgan fingerprint density at radius 1 is 0.529 bits per heavy atom. The highest BCUT2D eigenvalue weighted by Gasteiger charge is 2.53. The van der Waals surface area contributed by atoms with E-state index in [9.17, 15) is 89.8 Å². The molecule has 0 aliphatic carbocycles. The van der Waals surface area contributed by atoms with Crippen LogP contribution in [-0.4, -0.2) is 310 Å². The van der Waals surface area contributed by atoms with E-state index in [-0.39, 0.29) is 116 Å². The number of hydrogen-bond donors (Lipinski definition) is 15. The van der Waals surface area contributed by atoms with Gasteiger partial charge in [0.25, 0.3) is 0 Å². The van der Waals surface area contributed by atoms with Crippen molar-refractivity contribution in [2.75, 3.05) is 79.1 Å². The molecule has 0 spiro atoms. The van der Waals surface area contributed by atoms with Gasteiger partial charge in [0.15, 0.2) is 18.9 Å². The lowest BCUT2D eigenvalue weighted by molar-refractivity contribution is -0.282. The Labute approximate surface area is 505 Å². The standard InChI is InChI=1S/C52H93N4O29P2/c1-27(2)78-24-32-16-35(19-55(32)41(63)10-6-12-75-50-28(3)44(65)46(67)37(21-57)81-50)84-87(73,74)80-26-33-17-36(20-56(33)42(64)11-7-13-76-51-29(4)45(66)47(68)38(22-58)82-51)85-86(71,72)79-25-31-15-34(61)18-54(31)40(62)9-8-14-77-52-43(53-30(5)60)49(70)48(69)39(23-59)83-52/h27-29,31-39,43-52,57-59,61,65-74H,6-26H2,1-5H3/q+1/p+1/t28?,29?,31-,32-,33-,34+,35+,36+,37?,38?,39?,43?,44+,45+,46-,47-,48-,49+,50+,51+,52+/m0/s1. The van der Waals surface area contributed by atoms with E-state index in [0.29, 0.717) is 0 Å². The number of hydrogen-bond acceptors (Lipinski definition) is 29. The first-order valence-corrected chi connectivity index (χ1v) is 32.7. The predicted octanol–water partition coefficient (Wildman–Crippen LogP) is -4.81. The van der Waals surface area contributed by atoms with Crippen LogP contribution >= 0.6 is 16.3 Å². The molecule has 4 amide bonds. The highest BCUT2D eigenvalue weighted by Crippen LogP contribution is 2.57. The molecule has 6 saturated heterocycles. The van der Waals surface area contributed by atoms with Crippen molar-refractivity contribution < 1.29 is 141 Å². The highest BCUT2D eigenvalue weighted by molar-refractivity contribution is 7.54. The van der Waals surface area contributed by atoms with Crippen LogP contribution in [0.25, 0.3) is 0 Å². The van der Waals surface area contributed by atoms with Gasteiger partial charge < -0.3 is 104 Å². The van der Waals surface area contributed by atoms with Gasteiger partial charge in [0.2, 0.25) is 23.6 Å². The molecule has 0 aromatic rings. The SMILES string of the molecule is CC(=O)NC1[C@H](OCCCC(=O)N2C[C@H](O)C[C@H]2CO[P+](O)(O)O[C@@H]2C[C@@H](CO[P+](O)(O)O[C@@H]3C[C@@H](COC(C)C)N(C(=O)CCCO[C@@H]4OC(CO)[C@H](O)[C@H](O)C4C)C3)N(C(=O)CCCO[C@@H]3OC(CO)[C@H](O)[C@H](O)C3C)C2)OC(CO)[C@H](O)[C@@H]1O. The van der Waals surface area contributed by atoms with Gasteiger partial charge in [-0.3, -0.25) is 19.2 Å². The average molecular weight is 1300 g/mol. The van der Waals surface area contributed by atoms with Crippen LogP contribution in [-0.2, 0) is 70.4 Å². The minimum atomic E-state index is -4.78. The molecule has 6 unspecified atom stereocenters. The molecule has 33 nitrogen and oxygen atoms in total. The average Bonchev–Trinajstić information content (AvgIpc) is 4.25. The van der Waals surface area contributed by atoms with Crippen LogP contribution < -0.4 is 5.32 Å². The topological polar surface area (TPSA) is 475 Å². The van der Waals surface area contributed by atoms with Gasteiger partial charge in [0.05, 0.1) is 102 Å². The molecule has 6 rings (SSSR count). The van der Waals surface area contributed by atoms with Crippen molar-refractivity contribution in [3.8, 4) is 0 Å². The van der Waals surface area contributed by atoms with Crippen LogP contribution in [0.1, 0.15) is 92.4 Å². The van der Waals surface area contributed by atoms with Crippen LogP contribution in [0.2, 0.25) is 0 Å². The first kappa shape index (κ1) is 73.8. The minimum Gasteiger partial charge on any atom is -0.394 e. The van der Waals surface area contributed by atoms with E-state index in [1.807, 2.05) is 13.8 Å². The molecule has 0 bridgehead atoms. The van der Waals surface area contributed by atoms with Crippen LogP contribution in [0.4, 0.5) is 0 Å². The van der Waals surface area contributed by atoms with Gasteiger partial charge in [-0.15, -0.1) is 9.05 Å². The van der Waals surface area contributed by atoms with Crippen molar-refractivity contribution in [2.45, 2.75) is 215 Å². The highest BCUT2D eigenvalue weighted by atomic mass is 31.2. The second-order valence-corrected chi connectivity index (χ2v) is 26.3. The van der Waals surface area contributed by atoms with E-state index in [2.05, 4.69) is 5.32 Å². The molecule has 504 valence electrons. The van der Waals surface area contributed by atoms with E-state index in [1.54, 1.807) is 13.8 Å². The minimum absolute atomic E-state index is 0.0130. The normalized spacial score (nSPS) is 36.0. The number of ether oxygens (including phenoxy) is 7. The lowest BCUT2D eigenvalue weighted by Crippen LogP contribution is -2.64. The fraction of sp³-hybridized carbons (Fsp3) is 0.923. The number of β-amino-alcohol motifs (C(OH)–C–C–N with tert-alkyl or cyclic N) is 1. The first-order chi connectivity index (χ1) is 41.1. The summed E-state index contributed by atoms with van der Waals surface area (Å²) in [7, 11) is -9.53. The van der Waals surface area contributed by atoms with Gasteiger partial charge in [-0.1, -0.05) is 13.8 Å². The maximum atomic E-state index is 14.0. The zero-order valence-electron chi connectivity index (χ0n) is 49.7. The van der Waals surface area contributed by atoms with Gasteiger partial charge in [0.1, 0.15) is 74.2 Å². The monoisotopic (exact) mass is 1300 g/mol. The summed E-state index contributed by atoms with van der Waals surface area (Å²) in [5, 5.41) is 104. The molecular weight excluding hydrogens is 1210 g/mol. The van der Waals surface area contributed by atoms with Crippen molar-refractivity contribution in [3.63, 3.8) is 0 Å². The van der Waals surface area contributed by atoms with Gasteiger partial charge >= 0.3 is 16.3 Å². The molecule has 0 saturated carbocycles. The molecule has 0 aromatic carbocycles. The Kier molecular flexibility index (Phi) is 28.9. The lowest BCUT2D eigenvalue weighted by atomic mass is 9.92. The molecule has 87 heavy (non-hydrogen) atoms. The van der Waals surface area contributed by atoms with E-state index < -0.39 is 195 Å². The second kappa shape index (κ2) is 34.1. The fourth-order valence-electron chi connectivity index (χ4n) is 11.4. The van der Waals surface area contributed by atoms with E-state index in [4.69, 9.17) is 51.3 Å². The number of aliphatic hydroxyl groups is 10. The summed E-state index contributed by atoms with van der Waals surface area (Å²) >= 11 is 0. The van der Waals surface area contributed by atoms with Crippen molar-refractivity contribution in [1.82, 2.24) is 20.0 Å². The molecule has 0 radical (unpaired) electrons. The van der Waals surface area contributed by atoms with E-state index >= 15 is 0 Å². The molecule has 6 aliphatic heterocycles. The number of amides is 4. The molecular formula is C52H94N4O29P2+2. The van der Waals surface area contributed by atoms with Gasteiger partial charge in [0, 0.05) is 57.4 Å². The number of nitrogens with one attached hydrogen (secondary N) is 1. The number of nitrogens with zero attached hydrogens (tertiary/aromatic N) is 3. The number of carbonyl (C=O) groups excluding carboxylic acids is 4. The molecule has 15 N–H and O–H groups in total.